The minimum Gasteiger partial charge on any atom is -0.294 e. The van der Waals surface area contributed by atoms with Crippen molar-refractivity contribution in [3.8, 4) is 0 Å². The fraction of sp³-hybridized carbons (Fsp3) is 0.118. The van der Waals surface area contributed by atoms with Gasteiger partial charge in [0.25, 0.3) is 0 Å². The quantitative estimate of drug-likeness (QED) is 0.505. The summed E-state index contributed by atoms with van der Waals surface area (Å²) in [4.78, 5) is 11.8. The maximum Gasteiger partial charge on any atom is 0.170 e. The van der Waals surface area contributed by atoms with Gasteiger partial charge in [-0.1, -0.05) is 98.6 Å². The maximum absolute atomic E-state index is 12.2. The van der Waals surface area contributed by atoms with Crippen molar-refractivity contribution in [3.05, 3.63) is 77.9 Å². The van der Waals surface area contributed by atoms with Gasteiger partial charge in [-0.3, -0.25) is 4.79 Å². The van der Waals surface area contributed by atoms with Crippen LogP contribution in [0.1, 0.15) is 16.0 Å². The van der Waals surface area contributed by atoms with Gasteiger partial charge in [0.1, 0.15) is 0 Å². The molecular formula is C17H14Br2O. The molecule has 1 nitrogen and oxygen atoms in total. The van der Waals surface area contributed by atoms with Crippen molar-refractivity contribution in [1.82, 2.24) is 0 Å². The smallest absolute Gasteiger partial charge is 0.170 e. The molecule has 0 N–H and O–H groups in total. The molecule has 0 aliphatic carbocycles. The Morgan fingerprint density at radius 3 is 2.05 bits per heavy atom. The van der Waals surface area contributed by atoms with Crippen molar-refractivity contribution in [3.63, 3.8) is 0 Å². The monoisotopic (exact) mass is 392 g/mol. The van der Waals surface area contributed by atoms with E-state index in [0.717, 1.165) is 11.1 Å². The minimum absolute atomic E-state index is 0.0413. The lowest BCUT2D eigenvalue weighted by Crippen LogP contribution is -2.16. The highest BCUT2D eigenvalue weighted by Crippen LogP contribution is 2.31. The van der Waals surface area contributed by atoms with Crippen LogP contribution in [-0.2, 0) is 4.79 Å². The van der Waals surface area contributed by atoms with Gasteiger partial charge in [0.2, 0.25) is 0 Å². The molecule has 3 heteroatoms. The Morgan fingerprint density at radius 2 is 1.45 bits per heavy atom. The number of hydrogen-bond acceptors (Lipinski definition) is 1. The Bertz CT molecular complexity index is 578. The van der Waals surface area contributed by atoms with Crippen molar-refractivity contribution >= 4 is 43.7 Å². The Labute approximate surface area is 136 Å². The zero-order chi connectivity index (χ0) is 14.4. The molecule has 20 heavy (non-hydrogen) atoms. The van der Waals surface area contributed by atoms with E-state index in [0.29, 0.717) is 0 Å². The van der Waals surface area contributed by atoms with E-state index in [1.54, 1.807) is 6.08 Å². The zero-order valence-corrected chi connectivity index (χ0v) is 13.9. The molecule has 2 atom stereocenters. The highest BCUT2D eigenvalue weighted by molar-refractivity contribution is 9.12. The van der Waals surface area contributed by atoms with Crippen LogP contribution in [0.2, 0.25) is 0 Å². The van der Waals surface area contributed by atoms with Crippen LogP contribution in [0.25, 0.3) is 6.08 Å². The zero-order valence-electron chi connectivity index (χ0n) is 10.7. The number of carbonyl (C=O) groups excluding carboxylic acids is 1. The maximum atomic E-state index is 12.2. The van der Waals surface area contributed by atoms with Crippen molar-refractivity contribution in [2.24, 2.45) is 0 Å². The summed E-state index contributed by atoms with van der Waals surface area (Å²) in [5, 5.41) is 0. The summed E-state index contributed by atoms with van der Waals surface area (Å²) in [6.07, 6.45) is 3.45. The highest BCUT2D eigenvalue weighted by Gasteiger charge is 2.22. The van der Waals surface area contributed by atoms with Crippen molar-refractivity contribution in [2.45, 2.75) is 9.65 Å². The lowest BCUT2D eigenvalue weighted by Gasteiger charge is -2.14. The predicted octanol–water partition coefficient (Wildman–Crippen LogP) is 5.17. The first-order valence-electron chi connectivity index (χ1n) is 6.28. The van der Waals surface area contributed by atoms with Gasteiger partial charge in [-0.15, -0.1) is 0 Å². The van der Waals surface area contributed by atoms with Gasteiger partial charge in [-0.2, -0.15) is 0 Å². The van der Waals surface area contributed by atoms with Crippen LogP contribution in [0.15, 0.2) is 66.7 Å². The summed E-state index contributed by atoms with van der Waals surface area (Å²) in [5.74, 6) is 0.0413. The molecule has 0 aromatic heterocycles. The van der Waals surface area contributed by atoms with Gasteiger partial charge in [-0.25, -0.2) is 0 Å². The fourth-order valence-electron chi connectivity index (χ4n) is 1.78. The Balaban J connectivity index is 2.04. The molecule has 102 valence electrons. The Kier molecular flexibility index (Phi) is 5.74. The second kappa shape index (κ2) is 7.55. The van der Waals surface area contributed by atoms with Crippen LogP contribution in [-0.4, -0.2) is 10.6 Å². The van der Waals surface area contributed by atoms with E-state index in [1.807, 2.05) is 66.7 Å². The summed E-state index contributed by atoms with van der Waals surface area (Å²) in [6.45, 7) is 0. The number of allylic oxidation sites excluding steroid dienone is 1. The molecule has 0 spiro atoms. The van der Waals surface area contributed by atoms with Crippen molar-refractivity contribution in [1.29, 1.82) is 0 Å². The molecule has 0 saturated carbocycles. The average Bonchev–Trinajstić information content (AvgIpc) is 2.53. The first-order valence-corrected chi connectivity index (χ1v) is 8.11. The predicted molar refractivity (Wildman–Crippen MR) is 91.3 cm³/mol. The number of carbonyl (C=O) groups is 1. The Hall–Kier alpha value is -1.19. The van der Waals surface area contributed by atoms with Crippen molar-refractivity contribution in [2.75, 3.05) is 0 Å². The number of halogens is 2. The summed E-state index contributed by atoms with van der Waals surface area (Å²) >= 11 is 7.05. The van der Waals surface area contributed by atoms with Crippen LogP contribution in [0.5, 0.6) is 0 Å². The second-order valence-corrected chi connectivity index (χ2v) is 6.33. The Morgan fingerprint density at radius 1 is 0.900 bits per heavy atom. The van der Waals surface area contributed by atoms with Gasteiger partial charge in [0.05, 0.1) is 9.65 Å². The van der Waals surface area contributed by atoms with E-state index in [4.69, 9.17) is 0 Å². The average molecular weight is 394 g/mol. The van der Waals surface area contributed by atoms with Gasteiger partial charge in [-0.05, 0) is 17.2 Å². The third-order valence-electron chi connectivity index (χ3n) is 2.89. The molecule has 0 fully saturated rings. The molecule has 2 aromatic carbocycles. The van der Waals surface area contributed by atoms with E-state index in [2.05, 4.69) is 31.9 Å². The molecular weight excluding hydrogens is 380 g/mol. The second-order valence-electron chi connectivity index (χ2n) is 4.36. The lowest BCUT2D eigenvalue weighted by molar-refractivity contribution is -0.113. The molecule has 0 saturated heterocycles. The molecule has 2 aromatic rings. The summed E-state index contributed by atoms with van der Waals surface area (Å²) in [6, 6.07) is 19.7. The van der Waals surface area contributed by atoms with E-state index < -0.39 is 0 Å². The number of hydrogen-bond donors (Lipinski definition) is 0. The number of ketones is 1. The molecule has 2 rings (SSSR count). The normalized spacial score (nSPS) is 14.1. The number of alkyl halides is 2. The summed E-state index contributed by atoms with van der Waals surface area (Å²) in [5.41, 5.74) is 2.10. The SMILES string of the molecule is O=C(C=Cc1ccccc1)C(Br)C(Br)c1ccccc1. The van der Waals surface area contributed by atoms with Crippen molar-refractivity contribution < 1.29 is 4.79 Å². The van der Waals surface area contributed by atoms with Gasteiger partial charge >= 0.3 is 0 Å². The van der Waals surface area contributed by atoms with Crippen LogP contribution in [0.4, 0.5) is 0 Å². The third-order valence-corrected chi connectivity index (χ3v) is 5.63. The van der Waals surface area contributed by atoms with E-state index >= 15 is 0 Å². The molecule has 0 bridgehead atoms. The van der Waals surface area contributed by atoms with Crippen LogP contribution in [0, 0.1) is 0 Å². The molecule has 0 amide bonds. The topological polar surface area (TPSA) is 17.1 Å². The molecule has 0 aliphatic rings. The number of benzene rings is 2. The van der Waals surface area contributed by atoms with Crippen LogP contribution < -0.4 is 0 Å². The van der Waals surface area contributed by atoms with E-state index in [-0.39, 0.29) is 15.4 Å². The summed E-state index contributed by atoms with van der Waals surface area (Å²) in [7, 11) is 0. The fourth-order valence-corrected chi connectivity index (χ4v) is 2.81. The molecule has 2 unspecified atom stereocenters. The van der Waals surface area contributed by atoms with Gasteiger partial charge < -0.3 is 0 Å². The largest absolute Gasteiger partial charge is 0.294 e. The molecule has 0 radical (unpaired) electrons. The van der Waals surface area contributed by atoms with Gasteiger partial charge in [0, 0.05) is 0 Å². The minimum atomic E-state index is -0.287. The first-order chi connectivity index (χ1) is 9.68. The lowest BCUT2D eigenvalue weighted by atomic mass is 10.1. The van der Waals surface area contributed by atoms with E-state index in [9.17, 15) is 4.79 Å². The summed E-state index contributed by atoms with van der Waals surface area (Å²) < 4.78 is 0. The van der Waals surface area contributed by atoms with Crippen LogP contribution >= 0.6 is 31.9 Å². The van der Waals surface area contributed by atoms with E-state index in [1.165, 1.54) is 0 Å². The standard InChI is InChI=1S/C17H14Br2O/c18-16(14-9-5-2-6-10-14)17(19)15(20)12-11-13-7-3-1-4-8-13/h1-12,16-17H. The number of rotatable bonds is 5. The highest BCUT2D eigenvalue weighted by atomic mass is 79.9. The first kappa shape index (κ1) is 15.2. The molecule has 0 aliphatic heterocycles. The molecule has 0 heterocycles. The van der Waals surface area contributed by atoms with Gasteiger partial charge in [0.15, 0.2) is 5.78 Å². The third kappa shape index (κ3) is 4.15. The van der Waals surface area contributed by atoms with Crippen LogP contribution in [0.3, 0.4) is 0 Å².